The number of halogens is 1. The third kappa shape index (κ3) is 3.08. The molecular weight excluding hydrogens is 251 g/mol. The minimum Gasteiger partial charge on any atom is -0.480 e. The number of carbonyl (C=O) groups excluding carboxylic acids is 1. The van der Waals surface area contributed by atoms with E-state index < -0.39 is 12.0 Å². The van der Waals surface area contributed by atoms with Crippen LogP contribution in [0.25, 0.3) is 0 Å². The molecule has 0 saturated carbocycles. The number of nitrogens with zero attached hydrogens (tertiary/aromatic N) is 1. The molecule has 1 saturated heterocycles. The topological polar surface area (TPSA) is 83.6 Å². The van der Waals surface area contributed by atoms with Crippen LogP contribution in [-0.2, 0) is 16.0 Å². The molecule has 0 spiro atoms. The van der Waals surface area contributed by atoms with Gasteiger partial charge in [-0.3, -0.25) is 4.79 Å². The van der Waals surface area contributed by atoms with E-state index in [2.05, 4.69) is 0 Å². The summed E-state index contributed by atoms with van der Waals surface area (Å²) in [6.07, 6.45) is 0.321. The number of hydrogen-bond donors (Lipinski definition) is 2. The minimum atomic E-state index is -1.08. The molecule has 0 aliphatic carbocycles. The predicted octanol–water partition coefficient (Wildman–Crippen LogP) is 0.381. The van der Waals surface area contributed by atoms with Crippen LogP contribution < -0.4 is 5.73 Å². The molecule has 5 nitrogen and oxygen atoms in total. The lowest BCUT2D eigenvalue weighted by atomic mass is 10.0. The standard InChI is InChI=1S/C13H15FN2O3/c14-9-3-1-8(2-4-9)5-11(13(18)19)16-7-10(15)6-12(16)17/h1-4,10-11H,5-7,15H2,(H,18,19)/t10?,11-/m0/s1. The van der Waals surface area contributed by atoms with E-state index in [1.165, 1.54) is 29.2 Å². The zero-order chi connectivity index (χ0) is 14.0. The van der Waals surface area contributed by atoms with E-state index in [0.29, 0.717) is 5.56 Å². The van der Waals surface area contributed by atoms with Gasteiger partial charge < -0.3 is 15.7 Å². The smallest absolute Gasteiger partial charge is 0.326 e. The molecule has 1 aromatic rings. The summed E-state index contributed by atoms with van der Waals surface area (Å²) in [4.78, 5) is 24.3. The molecule has 1 amide bonds. The lowest BCUT2D eigenvalue weighted by Gasteiger charge is -2.24. The summed E-state index contributed by atoms with van der Waals surface area (Å²) >= 11 is 0. The molecule has 1 unspecified atom stereocenters. The molecule has 2 rings (SSSR count). The number of rotatable bonds is 4. The predicted molar refractivity (Wildman–Crippen MR) is 65.8 cm³/mol. The van der Waals surface area contributed by atoms with Crippen LogP contribution >= 0.6 is 0 Å². The highest BCUT2D eigenvalue weighted by Gasteiger charge is 2.36. The van der Waals surface area contributed by atoms with E-state index in [-0.39, 0.29) is 37.2 Å². The fraction of sp³-hybridized carbons (Fsp3) is 0.385. The maximum atomic E-state index is 12.8. The largest absolute Gasteiger partial charge is 0.480 e. The lowest BCUT2D eigenvalue weighted by molar-refractivity contribution is -0.148. The van der Waals surface area contributed by atoms with Crippen molar-refractivity contribution in [2.24, 2.45) is 5.73 Å². The van der Waals surface area contributed by atoms with Crippen molar-refractivity contribution in [1.82, 2.24) is 4.90 Å². The fourth-order valence-electron chi connectivity index (χ4n) is 2.24. The van der Waals surface area contributed by atoms with Crippen LogP contribution in [0.5, 0.6) is 0 Å². The Labute approximate surface area is 109 Å². The summed E-state index contributed by atoms with van der Waals surface area (Å²) in [6, 6.07) is 4.31. The Morgan fingerprint density at radius 3 is 2.58 bits per heavy atom. The van der Waals surface area contributed by atoms with Crippen LogP contribution in [-0.4, -0.2) is 40.5 Å². The number of hydrogen-bond acceptors (Lipinski definition) is 3. The van der Waals surface area contributed by atoms with Crippen LogP contribution in [0.1, 0.15) is 12.0 Å². The van der Waals surface area contributed by atoms with Crippen molar-refractivity contribution in [1.29, 1.82) is 0 Å². The zero-order valence-electron chi connectivity index (χ0n) is 10.3. The van der Waals surface area contributed by atoms with E-state index in [4.69, 9.17) is 5.73 Å². The SMILES string of the molecule is NC1CC(=O)N([C@@H](Cc2ccc(F)cc2)C(=O)O)C1. The number of likely N-dealkylation sites (tertiary alicyclic amines) is 1. The highest BCUT2D eigenvalue weighted by Crippen LogP contribution is 2.17. The maximum Gasteiger partial charge on any atom is 0.326 e. The van der Waals surface area contributed by atoms with E-state index in [1.807, 2.05) is 0 Å². The maximum absolute atomic E-state index is 12.8. The Balaban J connectivity index is 2.15. The van der Waals surface area contributed by atoms with Gasteiger partial charge in [-0.25, -0.2) is 9.18 Å². The number of amides is 1. The number of nitrogens with two attached hydrogens (primary N) is 1. The third-order valence-electron chi connectivity index (χ3n) is 3.19. The van der Waals surface area contributed by atoms with Gasteiger partial charge in [-0.15, -0.1) is 0 Å². The molecule has 102 valence electrons. The second-order valence-corrected chi connectivity index (χ2v) is 4.69. The van der Waals surface area contributed by atoms with Gasteiger partial charge in [0.1, 0.15) is 11.9 Å². The summed E-state index contributed by atoms with van der Waals surface area (Å²) in [5, 5.41) is 9.24. The Morgan fingerprint density at radius 1 is 1.47 bits per heavy atom. The first-order chi connectivity index (χ1) is 8.97. The van der Waals surface area contributed by atoms with Crippen LogP contribution in [0.4, 0.5) is 4.39 Å². The molecule has 1 aliphatic heterocycles. The molecular formula is C13H15FN2O3. The van der Waals surface area contributed by atoms with Gasteiger partial charge in [0.2, 0.25) is 5.91 Å². The minimum absolute atomic E-state index is 0.147. The molecule has 19 heavy (non-hydrogen) atoms. The van der Waals surface area contributed by atoms with Crippen molar-refractivity contribution in [3.8, 4) is 0 Å². The number of carboxylic acid groups (broad SMARTS) is 1. The van der Waals surface area contributed by atoms with Gasteiger partial charge in [-0.05, 0) is 17.7 Å². The van der Waals surface area contributed by atoms with Crippen molar-refractivity contribution in [3.05, 3.63) is 35.6 Å². The van der Waals surface area contributed by atoms with Gasteiger partial charge in [0, 0.05) is 25.4 Å². The Hall–Kier alpha value is -1.95. The van der Waals surface area contributed by atoms with Gasteiger partial charge in [0.15, 0.2) is 0 Å². The summed E-state index contributed by atoms with van der Waals surface area (Å²) in [5.74, 6) is -1.70. The molecule has 0 radical (unpaired) electrons. The van der Waals surface area contributed by atoms with Gasteiger partial charge >= 0.3 is 5.97 Å². The van der Waals surface area contributed by atoms with Crippen molar-refractivity contribution in [2.45, 2.75) is 24.9 Å². The summed E-state index contributed by atoms with van der Waals surface area (Å²) in [6.45, 7) is 0.247. The van der Waals surface area contributed by atoms with Gasteiger partial charge in [0.25, 0.3) is 0 Å². The normalized spacial score (nSPS) is 20.6. The fourth-order valence-corrected chi connectivity index (χ4v) is 2.24. The summed E-state index contributed by atoms with van der Waals surface area (Å²) in [5.41, 5.74) is 6.33. The van der Waals surface area contributed by atoms with Gasteiger partial charge in [-0.2, -0.15) is 0 Å². The average Bonchev–Trinajstić information content (AvgIpc) is 2.67. The summed E-state index contributed by atoms with van der Waals surface area (Å²) in [7, 11) is 0. The monoisotopic (exact) mass is 266 g/mol. The average molecular weight is 266 g/mol. The molecule has 0 bridgehead atoms. The first-order valence-electron chi connectivity index (χ1n) is 5.99. The number of benzene rings is 1. The van der Waals surface area contributed by atoms with Gasteiger partial charge in [-0.1, -0.05) is 12.1 Å². The van der Waals surface area contributed by atoms with Crippen molar-refractivity contribution in [2.75, 3.05) is 6.54 Å². The molecule has 2 atom stereocenters. The van der Waals surface area contributed by atoms with Crippen LogP contribution in [0.2, 0.25) is 0 Å². The number of aliphatic carboxylic acids is 1. The highest BCUT2D eigenvalue weighted by molar-refractivity contribution is 5.85. The van der Waals surface area contributed by atoms with E-state index >= 15 is 0 Å². The molecule has 1 aromatic carbocycles. The first kappa shape index (κ1) is 13.5. The van der Waals surface area contributed by atoms with Crippen LogP contribution in [0, 0.1) is 5.82 Å². The Kier molecular flexibility index (Phi) is 3.80. The molecule has 1 heterocycles. The molecule has 1 aliphatic rings. The second kappa shape index (κ2) is 5.36. The Morgan fingerprint density at radius 2 is 2.11 bits per heavy atom. The molecule has 6 heteroatoms. The van der Waals surface area contributed by atoms with Crippen LogP contribution in [0.3, 0.4) is 0 Å². The third-order valence-corrected chi connectivity index (χ3v) is 3.19. The summed E-state index contributed by atoms with van der Waals surface area (Å²) < 4.78 is 12.8. The van der Waals surface area contributed by atoms with Gasteiger partial charge in [0.05, 0.1) is 0 Å². The molecule has 1 fully saturated rings. The quantitative estimate of drug-likeness (QED) is 0.825. The number of carbonyl (C=O) groups is 2. The van der Waals surface area contributed by atoms with E-state index in [9.17, 15) is 19.1 Å². The van der Waals surface area contributed by atoms with Crippen LogP contribution in [0.15, 0.2) is 24.3 Å². The van der Waals surface area contributed by atoms with E-state index in [1.54, 1.807) is 0 Å². The molecule has 0 aromatic heterocycles. The first-order valence-corrected chi connectivity index (χ1v) is 5.99. The van der Waals surface area contributed by atoms with E-state index in [0.717, 1.165) is 0 Å². The van der Waals surface area contributed by atoms with Crippen molar-refractivity contribution >= 4 is 11.9 Å². The van der Waals surface area contributed by atoms with Crippen molar-refractivity contribution in [3.63, 3.8) is 0 Å². The Bertz CT molecular complexity index is 489. The zero-order valence-corrected chi connectivity index (χ0v) is 10.3. The highest BCUT2D eigenvalue weighted by atomic mass is 19.1. The lowest BCUT2D eigenvalue weighted by Crippen LogP contribution is -2.44. The number of carboxylic acids is 1. The van der Waals surface area contributed by atoms with Crippen molar-refractivity contribution < 1.29 is 19.1 Å². The second-order valence-electron chi connectivity index (χ2n) is 4.69. The molecule has 3 N–H and O–H groups in total.